The molecule has 0 aliphatic heterocycles. The van der Waals surface area contributed by atoms with Crippen molar-refractivity contribution in [3.63, 3.8) is 0 Å². The maximum absolute atomic E-state index is 12.4. The molecule has 0 fully saturated rings. The Bertz CT molecular complexity index is 782. The van der Waals surface area contributed by atoms with Gasteiger partial charge < -0.3 is 0 Å². The highest BCUT2D eigenvalue weighted by molar-refractivity contribution is 6.23. The monoisotopic (exact) mass is 246 g/mol. The van der Waals surface area contributed by atoms with Crippen molar-refractivity contribution in [2.24, 2.45) is 0 Å². The second-order valence-electron chi connectivity index (χ2n) is 4.89. The van der Waals surface area contributed by atoms with Gasteiger partial charge in [0.15, 0.2) is 11.6 Å². The third-order valence-electron chi connectivity index (χ3n) is 3.80. The summed E-state index contributed by atoms with van der Waals surface area (Å²) in [5.41, 5.74) is 4.89. The third kappa shape index (κ3) is 1.31. The number of allylic oxidation sites excluding steroid dienone is 1. The number of hydrogen-bond acceptors (Lipinski definition) is 2. The van der Waals surface area contributed by atoms with Gasteiger partial charge in [-0.1, -0.05) is 36.4 Å². The van der Waals surface area contributed by atoms with Crippen LogP contribution >= 0.6 is 0 Å². The second kappa shape index (κ2) is 3.51. The number of hydrogen-bond donors (Lipinski definition) is 0. The normalized spacial score (nSPS) is 15.2. The van der Waals surface area contributed by atoms with Crippen molar-refractivity contribution in [2.45, 2.75) is 6.42 Å². The van der Waals surface area contributed by atoms with Gasteiger partial charge in [0.05, 0.1) is 0 Å². The molecule has 0 aromatic heterocycles. The fraction of sp³-hybridized carbons (Fsp3) is 0.0588. The summed E-state index contributed by atoms with van der Waals surface area (Å²) in [5, 5.41) is 0. The van der Waals surface area contributed by atoms with Gasteiger partial charge in [-0.25, -0.2) is 0 Å². The number of benzene rings is 2. The molecule has 4 rings (SSSR count). The smallest absolute Gasteiger partial charge is 0.194 e. The number of Topliss-reactive ketones (excluding diaryl/α,β-unsaturated/α-hetero) is 1. The highest BCUT2D eigenvalue weighted by Gasteiger charge is 2.28. The summed E-state index contributed by atoms with van der Waals surface area (Å²) in [6.45, 7) is 0. The molecule has 0 saturated heterocycles. The lowest BCUT2D eigenvalue weighted by Gasteiger charge is -2.11. The fourth-order valence-electron chi connectivity index (χ4n) is 2.87. The van der Waals surface area contributed by atoms with E-state index in [2.05, 4.69) is 0 Å². The molecule has 0 unspecified atom stereocenters. The molecule has 0 N–H and O–H groups in total. The first kappa shape index (κ1) is 10.4. The lowest BCUT2D eigenvalue weighted by Crippen LogP contribution is -2.06. The van der Waals surface area contributed by atoms with E-state index in [9.17, 15) is 9.59 Å². The molecule has 0 saturated carbocycles. The van der Waals surface area contributed by atoms with Gasteiger partial charge in [-0.05, 0) is 28.8 Å². The molecule has 90 valence electrons. The van der Waals surface area contributed by atoms with E-state index in [4.69, 9.17) is 0 Å². The van der Waals surface area contributed by atoms with Crippen molar-refractivity contribution in [1.82, 2.24) is 0 Å². The second-order valence-corrected chi connectivity index (χ2v) is 4.89. The molecule has 2 aromatic carbocycles. The molecule has 2 nitrogen and oxygen atoms in total. The zero-order valence-electron chi connectivity index (χ0n) is 10.1. The molecule has 0 bridgehead atoms. The first-order valence-electron chi connectivity index (χ1n) is 6.27. The van der Waals surface area contributed by atoms with Crippen LogP contribution in [0.15, 0.2) is 42.5 Å². The van der Waals surface area contributed by atoms with E-state index in [0.717, 1.165) is 22.3 Å². The molecule has 2 aliphatic rings. The van der Waals surface area contributed by atoms with Gasteiger partial charge in [0.2, 0.25) is 0 Å². The Morgan fingerprint density at radius 2 is 1.58 bits per heavy atom. The summed E-state index contributed by atoms with van der Waals surface area (Å²) < 4.78 is 0. The number of ketones is 2. The van der Waals surface area contributed by atoms with E-state index in [0.29, 0.717) is 17.5 Å². The highest BCUT2D eigenvalue weighted by atomic mass is 16.1. The largest absolute Gasteiger partial charge is 0.294 e. The Morgan fingerprint density at radius 3 is 2.42 bits per heavy atom. The molecule has 0 spiro atoms. The van der Waals surface area contributed by atoms with E-state index in [1.165, 1.54) is 0 Å². The zero-order chi connectivity index (χ0) is 13.0. The molecule has 0 radical (unpaired) electrons. The number of rotatable bonds is 0. The van der Waals surface area contributed by atoms with Gasteiger partial charge in [-0.2, -0.15) is 0 Å². The Hall–Kier alpha value is -2.48. The van der Waals surface area contributed by atoms with Gasteiger partial charge >= 0.3 is 0 Å². The van der Waals surface area contributed by atoms with Crippen LogP contribution in [0.25, 0.3) is 17.2 Å². The summed E-state index contributed by atoms with van der Waals surface area (Å²) in [4.78, 5) is 24.3. The fourth-order valence-corrected chi connectivity index (χ4v) is 2.87. The molecule has 2 aliphatic carbocycles. The molecule has 0 heterocycles. The maximum Gasteiger partial charge on any atom is 0.194 e. The molecular formula is C17H10O2. The van der Waals surface area contributed by atoms with Crippen LogP contribution in [0.5, 0.6) is 0 Å². The van der Waals surface area contributed by atoms with E-state index in [1.807, 2.05) is 42.5 Å². The number of fused-ring (bicyclic) bond motifs is 4. The molecule has 0 atom stereocenters. The predicted molar refractivity (Wildman–Crippen MR) is 73.3 cm³/mol. The summed E-state index contributed by atoms with van der Waals surface area (Å²) in [7, 11) is 0. The minimum absolute atomic E-state index is 0.0238. The standard InChI is InChI=1S/C17H10O2/c18-16-7-3-4-10-8-14-11-5-1-2-6-12(11)17(19)15(14)9-13(10)16/h1-6,8-9H,7H2. The van der Waals surface area contributed by atoms with Crippen LogP contribution in [0.1, 0.15) is 38.3 Å². The van der Waals surface area contributed by atoms with Crippen LogP contribution in [0.3, 0.4) is 0 Å². The average molecular weight is 246 g/mol. The molecule has 0 amide bonds. The van der Waals surface area contributed by atoms with Crippen molar-refractivity contribution >= 4 is 17.6 Å². The van der Waals surface area contributed by atoms with Crippen LogP contribution in [0.2, 0.25) is 0 Å². The van der Waals surface area contributed by atoms with Crippen LogP contribution in [0.4, 0.5) is 0 Å². The quantitative estimate of drug-likeness (QED) is 0.608. The third-order valence-corrected chi connectivity index (χ3v) is 3.80. The van der Waals surface area contributed by atoms with Gasteiger partial charge in [0.25, 0.3) is 0 Å². The molecule has 2 heteroatoms. The topological polar surface area (TPSA) is 34.1 Å². The van der Waals surface area contributed by atoms with Gasteiger partial charge in [0, 0.05) is 23.1 Å². The van der Waals surface area contributed by atoms with Crippen molar-refractivity contribution in [3.8, 4) is 11.1 Å². The lowest BCUT2D eigenvalue weighted by molar-refractivity contribution is 0.0994. The molecular weight excluding hydrogens is 236 g/mol. The first-order chi connectivity index (χ1) is 9.25. The number of carbonyl (C=O) groups excluding carboxylic acids is 2. The summed E-state index contributed by atoms with van der Waals surface area (Å²) >= 11 is 0. The minimum Gasteiger partial charge on any atom is -0.294 e. The Morgan fingerprint density at radius 1 is 0.789 bits per heavy atom. The van der Waals surface area contributed by atoms with Crippen LogP contribution in [-0.4, -0.2) is 11.6 Å². The maximum atomic E-state index is 12.4. The average Bonchev–Trinajstić information content (AvgIpc) is 2.72. The zero-order valence-corrected chi connectivity index (χ0v) is 10.1. The predicted octanol–water partition coefficient (Wildman–Crippen LogP) is 3.50. The van der Waals surface area contributed by atoms with Crippen molar-refractivity contribution < 1.29 is 9.59 Å². The van der Waals surface area contributed by atoms with Crippen LogP contribution in [0, 0.1) is 0 Å². The van der Waals surface area contributed by atoms with E-state index < -0.39 is 0 Å². The lowest BCUT2D eigenvalue weighted by atomic mass is 9.91. The Balaban J connectivity index is 2.05. The van der Waals surface area contributed by atoms with E-state index in [1.54, 1.807) is 6.07 Å². The van der Waals surface area contributed by atoms with Crippen molar-refractivity contribution in [1.29, 1.82) is 0 Å². The SMILES string of the molecule is O=C1CC=Cc2cc3c(cc21)C(=O)c1ccccc1-3. The Kier molecular flexibility index (Phi) is 1.93. The first-order valence-corrected chi connectivity index (χ1v) is 6.27. The van der Waals surface area contributed by atoms with Gasteiger partial charge in [-0.15, -0.1) is 0 Å². The number of carbonyl (C=O) groups is 2. The van der Waals surface area contributed by atoms with Gasteiger partial charge in [-0.3, -0.25) is 9.59 Å². The van der Waals surface area contributed by atoms with Gasteiger partial charge in [0.1, 0.15) is 0 Å². The van der Waals surface area contributed by atoms with Crippen molar-refractivity contribution in [3.05, 3.63) is 64.7 Å². The van der Waals surface area contributed by atoms with Crippen LogP contribution < -0.4 is 0 Å². The molecule has 19 heavy (non-hydrogen) atoms. The van der Waals surface area contributed by atoms with Crippen molar-refractivity contribution in [2.75, 3.05) is 0 Å². The highest BCUT2D eigenvalue weighted by Crippen LogP contribution is 2.39. The van der Waals surface area contributed by atoms with E-state index >= 15 is 0 Å². The summed E-state index contributed by atoms with van der Waals surface area (Å²) in [5.74, 6) is 0.111. The van der Waals surface area contributed by atoms with E-state index in [-0.39, 0.29) is 11.6 Å². The van der Waals surface area contributed by atoms with Crippen LogP contribution in [-0.2, 0) is 0 Å². The molecule has 2 aromatic rings. The Labute approximate surface area is 110 Å². The summed E-state index contributed by atoms with van der Waals surface area (Å²) in [6, 6.07) is 11.3. The minimum atomic E-state index is 0.0238. The summed E-state index contributed by atoms with van der Waals surface area (Å²) in [6.07, 6.45) is 4.26.